The van der Waals surface area contributed by atoms with Crippen LogP contribution in [0.25, 0.3) is 0 Å². The molecule has 0 saturated heterocycles. The van der Waals surface area contributed by atoms with Crippen molar-refractivity contribution in [2.24, 2.45) is 5.50 Å². The van der Waals surface area contributed by atoms with Crippen LogP contribution in [0.3, 0.4) is 0 Å². The van der Waals surface area contributed by atoms with E-state index in [0.29, 0.717) is 4.99 Å². The largest absolute Gasteiger partial charge is 0.379 e. The van der Waals surface area contributed by atoms with E-state index in [9.17, 15) is 0 Å². The molecule has 0 aliphatic rings. The molecular formula is C19H29N4OPS2. The Hall–Kier alpha value is -1.47. The number of hydrazine groups is 1. The van der Waals surface area contributed by atoms with Crippen LogP contribution in [0.2, 0.25) is 0 Å². The molecule has 1 atom stereocenters. The number of nitrogens with zero attached hydrogens (tertiary/aromatic N) is 1. The van der Waals surface area contributed by atoms with Crippen molar-refractivity contribution < 1.29 is 4.52 Å². The number of thiocarbonyl (C=S) groups is 2. The zero-order valence-corrected chi connectivity index (χ0v) is 19.0. The van der Waals surface area contributed by atoms with Gasteiger partial charge >= 0.3 is 0 Å². The van der Waals surface area contributed by atoms with Crippen LogP contribution in [0.15, 0.2) is 60.7 Å². The van der Waals surface area contributed by atoms with Crippen molar-refractivity contribution in [3.8, 4) is 0 Å². The summed E-state index contributed by atoms with van der Waals surface area (Å²) in [5.41, 5.74) is 7.66. The van der Waals surface area contributed by atoms with Gasteiger partial charge in [-0.15, -0.1) is 0 Å². The van der Waals surface area contributed by atoms with Crippen LogP contribution in [-0.4, -0.2) is 36.2 Å². The summed E-state index contributed by atoms with van der Waals surface area (Å²) >= 11 is 10.3. The van der Waals surface area contributed by atoms with Crippen LogP contribution >= 0.6 is 32.9 Å². The summed E-state index contributed by atoms with van der Waals surface area (Å²) in [5.74, 6) is 0. The first-order valence-corrected chi connectivity index (χ1v) is 10.6. The molecule has 1 unspecified atom stereocenters. The standard InChI is InChI=1S/C9H14N3OPS.C8H9NS.C2H6/c1-12(11-14(10)13-2)9(15)8-6-4-3-5-7-8;1-9-8(10)7-5-3-2-4-6-7;1-2/h3-7,11H,10H2,1-2H3;2-6H,1H3,(H,9,10);1-2H3. The van der Waals surface area contributed by atoms with Crippen molar-refractivity contribution in [2.75, 3.05) is 21.2 Å². The maximum atomic E-state index is 5.62. The van der Waals surface area contributed by atoms with Gasteiger partial charge in [-0.1, -0.05) is 98.9 Å². The van der Waals surface area contributed by atoms with Gasteiger partial charge in [0.25, 0.3) is 0 Å². The van der Waals surface area contributed by atoms with Gasteiger partial charge in [-0.25, -0.2) is 0 Å². The Labute approximate surface area is 175 Å². The average Bonchev–Trinajstić information content (AvgIpc) is 2.75. The van der Waals surface area contributed by atoms with Gasteiger partial charge in [0.15, 0.2) is 8.45 Å². The lowest BCUT2D eigenvalue weighted by molar-refractivity contribution is 0.402. The Morgan fingerprint density at radius 2 is 1.41 bits per heavy atom. The molecule has 2 rings (SSSR count). The Bertz CT molecular complexity index is 659. The number of hydrogen-bond acceptors (Lipinski definition) is 5. The van der Waals surface area contributed by atoms with Crippen LogP contribution < -0.4 is 16.0 Å². The molecule has 4 N–H and O–H groups in total. The van der Waals surface area contributed by atoms with Crippen molar-refractivity contribution in [2.45, 2.75) is 13.8 Å². The topological polar surface area (TPSA) is 62.6 Å². The summed E-state index contributed by atoms with van der Waals surface area (Å²) in [6, 6.07) is 19.6. The summed E-state index contributed by atoms with van der Waals surface area (Å²) in [6.07, 6.45) is 0. The molecule has 0 aliphatic heterocycles. The number of nitrogens with one attached hydrogen (secondary N) is 2. The first kappa shape index (κ1) is 25.5. The van der Waals surface area contributed by atoms with Crippen molar-refractivity contribution in [3.63, 3.8) is 0 Å². The molecule has 2 aromatic rings. The molecule has 5 nitrogen and oxygen atoms in total. The smallest absolute Gasteiger partial charge is 0.198 e. The third-order valence-electron chi connectivity index (χ3n) is 3.03. The highest BCUT2D eigenvalue weighted by molar-refractivity contribution is 7.81. The molecular weight excluding hydrogens is 395 g/mol. The first-order chi connectivity index (χ1) is 13.0. The van der Waals surface area contributed by atoms with Gasteiger partial charge in [0.2, 0.25) is 0 Å². The minimum absolute atomic E-state index is 0.686. The van der Waals surface area contributed by atoms with Crippen LogP contribution in [0.5, 0.6) is 0 Å². The molecule has 27 heavy (non-hydrogen) atoms. The maximum Gasteiger partial charge on any atom is 0.198 e. The van der Waals surface area contributed by atoms with E-state index in [2.05, 4.69) is 10.5 Å². The Balaban J connectivity index is 0.000000488. The highest BCUT2D eigenvalue weighted by Crippen LogP contribution is 2.19. The Kier molecular flexibility index (Phi) is 14.7. The predicted octanol–water partition coefficient (Wildman–Crippen LogP) is 4.24. The summed E-state index contributed by atoms with van der Waals surface area (Å²) in [4.78, 5) is 1.48. The van der Waals surface area contributed by atoms with Crippen LogP contribution in [0.1, 0.15) is 25.0 Å². The monoisotopic (exact) mass is 424 g/mol. The molecule has 148 valence electrons. The average molecular weight is 425 g/mol. The van der Waals surface area contributed by atoms with E-state index in [4.69, 9.17) is 34.5 Å². The summed E-state index contributed by atoms with van der Waals surface area (Å²) < 4.78 is 4.94. The summed E-state index contributed by atoms with van der Waals surface area (Å²) in [5, 5.41) is 7.55. The van der Waals surface area contributed by atoms with Crippen molar-refractivity contribution in [1.29, 1.82) is 0 Å². The van der Waals surface area contributed by atoms with Gasteiger partial charge in [-0.05, 0) is 0 Å². The van der Waals surface area contributed by atoms with Crippen LogP contribution in [-0.2, 0) is 4.52 Å². The molecule has 0 heterocycles. The van der Waals surface area contributed by atoms with Gasteiger partial charge in [-0.2, -0.15) is 5.20 Å². The molecule has 2 aromatic carbocycles. The van der Waals surface area contributed by atoms with Crippen molar-refractivity contribution in [3.05, 3.63) is 71.8 Å². The second-order valence-electron chi connectivity index (χ2n) is 4.78. The van der Waals surface area contributed by atoms with E-state index in [1.807, 2.05) is 88.6 Å². The second kappa shape index (κ2) is 15.6. The molecule has 8 heteroatoms. The number of hydrogen-bond donors (Lipinski definition) is 3. The van der Waals surface area contributed by atoms with E-state index in [1.165, 1.54) is 0 Å². The molecule has 0 bridgehead atoms. The number of rotatable bonds is 5. The third-order valence-corrected chi connectivity index (χ3v) is 4.87. The Morgan fingerprint density at radius 3 is 1.81 bits per heavy atom. The molecule has 0 radical (unpaired) electrons. The van der Waals surface area contributed by atoms with E-state index < -0.39 is 8.45 Å². The summed E-state index contributed by atoms with van der Waals surface area (Å²) in [7, 11) is 4.05. The van der Waals surface area contributed by atoms with Crippen molar-refractivity contribution in [1.82, 2.24) is 15.5 Å². The fourth-order valence-electron chi connectivity index (χ4n) is 1.74. The highest BCUT2D eigenvalue weighted by atomic mass is 32.1. The van der Waals surface area contributed by atoms with Crippen molar-refractivity contribution >= 4 is 42.9 Å². The van der Waals surface area contributed by atoms with E-state index in [-0.39, 0.29) is 0 Å². The number of nitrogens with two attached hydrogens (primary N) is 1. The van der Waals surface area contributed by atoms with Crippen LogP contribution in [0.4, 0.5) is 0 Å². The zero-order chi connectivity index (χ0) is 20.7. The molecule has 0 aromatic heterocycles. The highest BCUT2D eigenvalue weighted by Gasteiger charge is 2.09. The lowest BCUT2D eigenvalue weighted by atomic mass is 10.2. The maximum absolute atomic E-state index is 5.62. The lowest BCUT2D eigenvalue weighted by Gasteiger charge is -2.23. The van der Waals surface area contributed by atoms with E-state index in [0.717, 1.165) is 16.1 Å². The summed E-state index contributed by atoms with van der Waals surface area (Å²) in [6.45, 7) is 4.00. The Morgan fingerprint density at radius 1 is 0.963 bits per heavy atom. The zero-order valence-electron chi connectivity index (χ0n) is 16.5. The van der Waals surface area contributed by atoms with Gasteiger partial charge in [0.1, 0.15) is 9.98 Å². The van der Waals surface area contributed by atoms with Gasteiger partial charge in [0, 0.05) is 32.3 Å². The molecule has 0 amide bonds. The fraction of sp³-hybridized carbons (Fsp3) is 0.263. The molecule has 0 saturated carbocycles. The lowest BCUT2D eigenvalue weighted by Crippen LogP contribution is -2.37. The van der Waals surface area contributed by atoms with Gasteiger partial charge in [-0.3, -0.25) is 10.5 Å². The number of benzene rings is 2. The van der Waals surface area contributed by atoms with Gasteiger partial charge < -0.3 is 9.84 Å². The minimum atomic E-state index is -1.15. The SMILES string of the molecule is CC.CNC(=S)c1ccccc1.COP(N)NN(C)C(=S)c1ccccc1. The van der Waals surface area contributed by atoms with E-state index >= 15 is 0 Å². The van der Waals surface area contributed by atoms with Gasteiger partial charge in [0.05, 0.1) is 0 Å². The fourth-order valence-corrected chi connectivity index (χ4v) is 2.61. The minimum Gasteiger partial charge on any atom is -0.379 e. The quantitative estimate of drug-likeness (QED) is 0.377. The normalized spacial score (nSPS) is 10.3. The molecule has 0 fully saturated rings. The second-order valence-corrected chi connectivity index (χ2v) is 6.80. The third kappa shape index (κ3) is 10.4. The molecule has 0 aliphatic carbocycles. The van der Waals surface area contributed by atoms with Crippen LogP contribution in [0, 0.1) is 0 Å². The predicted molar refractivity (Wildman–Crippen MR) is 126 cm³/mol. The molecule has 0 spiro atoms. The first-order valence-electron chi connectivity index (χ1n) is 8.45. The van der Waals surface area contributed by atoms with E-state index in [1.54, 1.807) is 12.1 Å².